The summed E-state index contributed by atoms with van der Waals surface area (Å²) in [4.78, 5) is 2.44. The van der Waals surface area contributed by atoms with Gasteiger partial charge in [-0.2, -0.15) is 0 Å². The van der Waals surface area contributed by atoms with Crippen molar-refractivity contribution in [2.75, 3.05) is 39.3 Å². The average Bonchev–Trinajstić information content (AvgIpc) is 2.50. The molecule has 0 atom stereocenters. The maximum atomic E-state index is 10.0. The van der Waals surface area contributed by atoms with Crippen molar-refractivity contribution in [3.05, 3.63) is 0 Å². The molecule has 1 heterocycles. The molecule has 0 aliphatic carbocycles. The lowest BCUT2D eigenvalue weighted by molar-refractivity contribution is 0.192. The Bertz CT molecular complexity index is 92.1. The van der Waals surface area contributed by atoms with Crippen LogP contribution in [0.1, 0.15) is 12.8 Å². The minimum atomic E-state index is 0. The second-order valence-corrected chi connectivity index (χ2v) is 3.00. The predicted octanol–water partition coefficient (Wildman–Crippen LogP) is 0.102. The fourth-order valence-electron chi connectivity index (χ4n) is 1.44. The first-order valence-corrected chi connectivity index (χ1v) is 4.44. The lowest BCUT2D eigenvalue weighted by Crippen LogP contribution is -2.31. The molecule has 0 spiro atoms. The summed E-state index contributed by atoms with van der Waals surface area (Å²) < 4.78 is 0. The summed E-state index contributed by atoms with van der Waals surface area (Å²) in [5.74, 6) is 0. The van der Waals surface area contributed by atoms with Crippen molar-refractivity contribution in [2.45, 2.75) is 12.8 Å². The van der Waals surface area contributed by atoms with Crippen LogP contribution < -0.4 is 5.32 Å². The topological polar surface area (TPSA) is 35.2 Å². The van der Waals surface area contributed by atoms with E-state index in [4.69, 9.17) is 0 Å². The van der Waals surface area contributed by atoms with Crippen molar-refractivity contribution < 1.29 is 5.11 Å². The van der Waals surface area contributed by atoms with Crippen LogP contribution in [0, 0.1) is 0 Å². The summed E-state index contributed by atoms with van der Waals surface area (Å²) in [5, 5.41) is 13.2. The second kappa shape index (κ2) is 5.52. The Labute approximate surface area is 68.4 Å². The van der Waals surface area contributed by atoms with Crippen LogP contribution in [0.25, 0.3) is 0 Å². The fourth-order valence-corrected chi connectivity index (χ4v) is 1.44. The zero-order chi connectivity index (χ0) is 7.94. The molecule has 65 valence electrons. The van der Waals surface area contributed by atoms with Crippen LogP contribution in [-0.2, 0) is 5.11 Å². The molecule has 3 heteroatoms. The number of nitrogens with one attached hydrogen (secondary N) is 1. The van der Waals surface area contributed by atoms with E-state index in [2.05, 4.69) is 10.2 Å². The average molecular weight is 157 g/mol. The van der Waals surface area contributed by atoms with Gasteiger partial charge in [-0.3, -0.25) is 0 Å². The molecule has 1 rings (SSSR count). The molecule has 1 aliphatic rings. The van der Waals surface area contributed by atoms with Gasteiger partial charge in [0.15, 0.2) is 0 Å². The Kier molecular flexibility index (Phi) is 4.50. The third-order valence-corrected chi connectivity index (χ3v) is 2.08. The maximum absolute atomic E-state index is 10.0. The molecule has 0 unspecified atom stereocenters. The van der Waals surface area contributed by atoms with Gasteiger partial charge in [-0.15, -0.1) is 0 Å². The quantitative estimate of drug-likeness (QED) is 0.575. The third-order valence-electron chi connectivity index (χ3n) is 2.08. The molecule has 11 heavy (non-hydrogen) atoms. The Morgan fingerprint density at radius 2 is 1.91 bits per heavy atom. The van der Waals surface area contributed by atoms with E-state index in [1.807, 2.05) is 0 Å². The van der Waals surface area contributed by atoms with Gasteiger partial charge in [0.25, 0.3) is 0 Å². The molecular formula is C8H17N2O. The van der Waals surface area contributed by atoms with Crippen molar-refractivity contribution in [3.8, 4) is 0 Å². The Balaban J connectivity index is 1.86. The van der Waals surface area contributed by atoms with Gasteiger partial charge in [0.2, 0.25) is 0 Å². The summed E-state index contributed by atoms with van der Waals surface area (Å²) in [6.45, 7) is 5.20. The molecule has 0 aromatic carbocycles. The monoisotopic (exact) mass is 157 g/mol. The lowest BCUT2D eigenvalue weighted by atomic mass is 10.4. The molecular weight excluding hydrogens is 140 g/mol. The smallest absolute Gasteiger partial charge is 0.0946 e. The van der Waals surface area contributed by atoms with Crippen molar-refractivity contribution in [1.82, 2.24) is 10.2 Å². The Morgan fingerprint density at radius 1 is 1.18 bits per heavy atom. The molecule has 1 N–H and O–H groups in total. The van der Waals surface area contributed by atoms with Crippen LogP contribution in [0.5, 0.6) is 0 Å². The molecule has 3 nitrogen and oxygen atoms in total. The van der Waals surface area contributed by atoms with Crippen LogP contribution >= 0.6 is 0 Å². The first-order chi connectivity index (χ1) is 5.43. The highest BCUT2D eigenvalue weighted by Crippen LogP contribution is 2.05. The van der Waals surface area contributed by atoms with E-state index >= 15 is 0 Å². The zero-order valence-electron chi connectivity index (χ0n) is 7.01. The van der Waals surface area contributed by atoms with Crippen molar-refractivity contribution in [3.63, 3.8) is 0 Å². The van der Waals surface area contributed by atoms with Gasteiger partial charge in [0.05, 0.1) is 6.61 Å². The van der Waals surface area contributed by atoms with Gasteiger partial charge < -0.3 is 10.2 Å². The summed E-state index contributed by atoms with van der Waals surface area (Å²) >= 11 is 0. The van der Waals surface area contributed by atoms with Crippen LogP contribution in [0.2, 0.25) is 0 Å². The highest BCUT2D eigenvalue weighted by molar-refractivity contribution is 4.66. The molecule has 1 radical (unpaired) electrons. The molecule has 0 saturated carbocycles. The molecule has 1 saturated heterocycles. The molecule has 1 fully saturated rings. The highest BCUT2D eigenvalue weighted by atomic mass is 16.3. The zero-order valence-corrected chi connectivity index (χ0v) is 7.01. The minimum absolute atomic E-state index is 0. The number of rotatable bonds is 5. The first-order valence-electron chi connectivity index (χ1n) is 4.44. The standard InChI is InChI=1S/C8H17N2O/c11-8-4-9-3-7-10-5-1-2-6-10/h9H,1-8H2. The first kappa shape index (κ1) is 8.97. The van der Waals surface area contributed by atoms with E-state index in [1.165, 1.54) is 25.9 Å². The van der Waals surface area contributed by atoms with E-state index in [-0.39, 0.29) is 6.61 Å². The Morgan fingerprint density at radius 3 is 2.55 bits per heavy atom. The van der Waals surface area contributed by atoms with E-state index in [0.29, 0.717) is 6.54 Å². The van der Waals surface area contributed by atoms with Crippen molar-refractivity contribution in [1.29, 1.82) is 0 Å². The molecule has 1 aliphatic heterocycles. The molecule has 0 aromatic heterocycles. The minimum Gasteiger partial charge on any atom is -0.313 e. The summed E-state index contributed by atoms with van der Waals surface area (Å²) in [6, 6.07) is 0. The number of hydrogen-bond donors (Lipinski definition) is 1. The third kappa shape index (κ3) is 3.70. The number of nitrogens with zero attached hydrogens (tertiary/aromatic N) is 1. The summed E-state index contributed by atoms with van der Waals surface area (Å²) in [6.07, 6.45) is 2.70. The predicted molar refractivity (Wildman–Crippen MR) is 44.1 cm³/mol. The van der Waals surface area contributed by atoms with Gasteiger partial charge >= 0.3 is 0 Å². The van der Waals surface area contributed by atoms with Crippen LogP contribution in [0.15, 0.2) is 0 Å². The normalized spacial score (nSPS) is 19.4. The van der Waals surface area contributed by atoms with E-state index in [9.17, 15) is 5.11 Å². The van der Waals surface area contributed by atoms with Crippen LogP contribution in [0.4, 0.5) is 0 Å². The van der Waals surface area contributed by atoms with Gasteiger partial charge in [-0.05, 0) is 25.9 Å². The summed E-state index contributed by atoms with van der Waals surface area (Å²) in [5.41, 5.74) is 0. The second-order valence-electron chi connectivity index (χ2n) is 3.00. The maximum Gasteiger partial charge on any atom is 0.0946 e. The van der Waals surface area contributed by atoms with Crippen molar-refractivity contribution >= 4 is 0 Å². The SMILES string of the molecule is [O]CCNCCN1CCCC1. The van der Waals surface area contributed by atoms with Crippen molar-refractivity contribution in [2.24, 2.45) is 0 Å². The molecule has 0 bridgehead atoms. The van der Waals surface area contributed by atoms with Gasteiger partial charge in [0.1, 0.15) is 0 Å². The number of likely N-dealkylation sites (tertiary alicyclic amines) is 1. The van der Waals surface area contributed by atoms with E-state index in [0.717, 1.165) is 13.1 Å². The van der Waals surface area contributed by atoms with Gasteiger partial charge in [-0.1, -0.05) is 0 Å². The number of hydrogen-bond acceptors (Lipinski definition) is 2. The summed E-state index contributed by atoms with van der Waals surface area (Å²) in [7, 11) is 0. The fraction of sp³-hybridized carbons (Fsp3) is 1.00. The van der Waals surface area contributed by atoms with Crippen LogP contribution in [0.3, 0.4) is 0 Å². The molecule has 0 amide bonds. The molecule has 0 aromatic rings. The lowest BCUT2D eigenvalue weighted by Gasteiger charge is -2.13. The van der Waals surface area contributed by atoms with E-state index in [1.54, 1.807) is 0 Å². The van der Waals surface area contributed by atoms with E-state index < -0.39 is 0 Å². The van der Waals surface area contributed by atoms with Crippen LogP contribution in [-0.4, -0.2) is 44.2 Å². The highest BCUT2D eigenvalue weighted by Gasteiger charge is 2.09. The van der Waals surface area contributed by atoms with Gasteiger partial charge in [-0.25, -0.2) is 5.11 Å². The van der Waals surface area contributed by atoms with Gasteiger partial charge in [0, 0.05) is 19.6 Å². The Hall–Kier alpha value is -0.120. The largest absolute Gasteiger partial charge is 0.313 e.